The van der Waals surface area contributed by atoms with E-state index in [0.717, 1.165) is 55.3 Å². The van der Waals surface area contributed by atoms with Gasteiger partial charge < -0.3 is 4.40 Å². The van der Waals surface area contributed by atoms with Gasteiger partial charge in [0.15, 0.2) is 5.82 Å². The minimum absolute atomic E-state index is 0.829. The maximum atomic E-state index is 5.58. The van der Waals surface area contributed by atoms with E-state index in [1.165, 1.54) is 54.3 Å². The molecule has 4 aromatic heterocycles. The van der Waals surface area contributed by atoms with Crippen LogP contribution in [0.5, 0.6) is 0 Å². The first-order chi connectivity index (χ1) is 24.8. The van der Waals surface area contributed by atoms with Gasteiger partial charge in [0.1, 0.15) is 5.69 Å². The van der Waals surface area contributed by atoms with Crippen molar-refractivity contribution in [1.82, 2.24) is 18.9 Å². The van der Waals surface area contributed by atoms with E-state index >= 15 is 0 Å². The smallest absolute Gasteiger partial charge is 0.165 e. The fourth-order valence-electron chi connectivity index (χ4n) is 8.76. The van der Waals surface area contributed by atoms with Crippen LogP contribution < -0.4 is 0 Å². The molecule has 0 spiro atoms. The van der Waals surface area contributed by atoms with Crippen molar-refractivity contribution in [3.05, 3.63) is 158 Å². The average molecular weight is 635 g/mol. The molecule has 8 aromatic carbocycles. The van der Waals surface area contributed by atoms with Gasteiger partial charge in [0.25, 0.3) is 0 Å². The summed E-state index contributed by atoms with van der Waals surface area (Å²) in [4.78, 5) is 11.2. The molecule has 0 amide bonds. The standard InChI is InChI=1S/C46H26N4/c1-3-14-29-27(11-1)13-7-18-33(29)44-46(47-36-26-25-28-12-2-4-15-30(28)43(36)48-44)50-38-22-9-17-32-35-20-8-19-34-31-16-5-6-21-37(31)49(45(34)35)39-23-10-24-40(50)42(39)41(32)38/h1-26H. The zero-order valence-corrected chi connectivity index (χ0v) is 26.8. The molecule has 12 rings (SSSR count). The third-order valence-electron chi connectivity index (χ3n) is 10.8. The van der Waals surface area contributed by atoms with E-state index in [2.05, 4.69) is 167 Å². The van der Waals surface area contributed by atoms with Crippen LogP contribution in [-0.2, 0) is 0 Å². The maximum absolute atomic E-state index is 5.58. The number of nitrogens with zero attached hydrogens (tertiary/aromatic N) is 4. The molecule has 0 unspecified atom stereocenters. The Hall–Kier alpha value is -6.78. The lowest BCUT2D eigenvalue weighted by Crippen LogP contribution is -2.04. The summed E-state index contributed by atoms with van der Waals surface area (Å²) < 4.78 is 4.85. The fraction of sp³-hybridized carbons (Fsp3) is 0. The normalized spacial score (nSPS) is 12.4. The molecular formula is C46H26N4. The maximum Gasteiger partial charge on any atom is 0.165 e. The SMILES string of the molecule is c1ccc2c(-c3nc4c(ccc5ccccc54)nc3-n3c4cccc5c6cccc7c8ccccc8n(c8cccc3c8c54)c67)cccc2c1. The van der Waals surface area contributed by atoms with Crippen LogP contribution >= 0.6 is 0 Å². The van der Waals surface area contributed by atoms with Gasteiger partial charge in [0, 0.05) is 37.9 Å². The van der Waals surface area contributed by atoms with Crippen molar-refractivity contribution in [2.75, 3.05) is 0 Å². The summed E-state index contributed by atoms with van der Waals surface area (Å²) in [7, 11) is 0. The van der Waals surface area contributed by atoms with Crippen molar-refractivity contribution in [3.63, 3.8) is 0 Å². The van der Waals surface area contributed by atoms with E-state index in [1.807, 2.05) is 0 Å². The Morgan fingerprint density at radius 1 is 0.380 bits per heavy atom. The molecule has 4 heterocycles. The van der Waals surface area contributed by atoms with Crippen molar-refractivity contribution in [2.45, 2.75) is 0 Å². The first kappa shape index (κ1) is 26.2. The van der Waals surface area contributed by atoms with Gasteiger partial charge in [-0.3, -0.25) is 4.57 Å². The summed E-state index contributed by atoms with van der Waals surface area (Å²) in [5.41, 5.74) is 9.60. The second kappa shape index (κ2) is 9.43. The number of hydrogen-bond acceptors (Lipinski definition) is 2. The van der Waals surface area contributed by atoms with Gasteiger partial charge >= 0.3 is 0 Å². The molecule has 12 aromatic rings. The van der Waals surface area contributed by atoms with Crippen LogP contribution in [0.2, 0.25) is 0 Å². The highest BCUT2D eigenvalue weighted by molar-refractivity contribution is 6.31. The molecule has 0 saturated carbocycles. The Kier molecular flexibility index (Phi) is 4.94. The van der Waals surface area contributed by atoms with Crippen LogP contribution in [-0.4, -0.2) is 18.9 Å². The van der Waals surface area contributed by atoms with Gasteiger partial charge in [-0.2, -0.15) is 0 Å². The Bertz CT molecular complexity index is 3380. The zero-order valence-electron chi connectivity index (χ0n) is 26.8. The molecular weight excluding hydrogens is 609 g/mol. The van der Waals surface area contributed by atoms with E-state index in [9.17, 15) is 0 Å². The Balaban J connectivity index is 1.32. The summed E-state index contributed by atoms with van der Waals surface area (Å²) in [5.74, 6) is 0.829. The molecule has 0 radical (unpaired) electrons. The number of hydrogen-bond donors (Lipinski definition) is 0. The second-order valence-electron chi connectivity index (χ2n) is 13.3. The lowest BCUT2D eigenvalue weighted by molar-refractivity contribution is 1.08. The van der Waals surface area contributed by atoms with E-state index < -0.39 is 0 Å². The van der Waals surface area contributed by atoms with Gasteiger partial charge in [-0.05, 0) is 51.9 Å². The average Bonchev–Trinajstić information content (AvgIpc) is 3.66. The van der Waals surface area contributed by atoms with Crippen LogP contribution in [0, 0.1) is 0 Å². The molecule has 0 aliphatic carbocycles. The quantitative estimate of drug-likeness (QED) is 0.177. The van der Waals surface area contributed by atoms with Gasteiger partial charge in [-0.15, -0.1) is 0 Å². The van der Waals surface area contributed by atoms with Gasteiger partial charge in [-0.25, -0.2) is 9.97 Å². The third-order valence-corrected chi connectivity index (χ3v) is 10.8. The molecule has 0 aliphatic rings. The van der Waals surface area contributed by atoms with Crippen LogP contribution in [0.4, 0.5) is 0 Å². The van der Waals surface area contributed by atoms with E-state index in [1.54, 1.807) is 0 Å². The number of benzene rings is 8. The number of rotatable bonds is 2. The molecule has 0 saturated heterocycles. The first-order valence-electron chi connectivity index (χ1n) is 17.1. The fourth-order valence-corrected chi connectivity index (χ4v) is 8.76. The molecule has 4 heteroatoms. The van der Waals surface area contributed by atoms with Crippen molar-refractivity contribution in [2.24, 2.45) is 0 Å². The third kappa shape index (κ3) is 3.25. The van der Waals surface area contributed by atoms with E-state index in [-0.39, 0.29) is 0 Å². The lowest BCUT2D eigenvalue weighted by atomic mass is 10.0. The monoisotopic (exact) mass is 634 g/mol. The number of aromatic nitrogens is 4. The summed E-state index contributed by atoms with van der Waals surface area (Å²) in [6, 6.07) is 56.8. The predicted molar refractivity (Wildman–Crippen MR) is 209 cm³/mol. The highest BCUT2D eigenvalue weighted by Gasteiger charge is 2.25. The highest BCUT2D eigenvalue weighted by atomic mass is 15.1. The number of fused-ring (bicyclic) bond motifs is 9. The summed E-state index contributed by atoms with van der Waals surface area (Å²) in [6.07, 6.45) is 0. The van der Waals surface area contributed by atoms with Crippen LogP contribution in [0.1, 0.15) is 0 Å². The minimum atomic E-state index is 0.829. The van der Waals surface area contributed by atoms with Gasteiger partial charge in [-0.1, -0.05) is 127 Å². The summed E-state index contributed by atoms with van der Waals surface area (Å²) in [5, 5.41) is 12.1. The molecule has 4 nitrogen and oxygen atoms in total. The molecule has 0 N–H and O–H groups in total. The summed E-state index contributed by atoms with van der Waals surface area (Å²) >= 11 is 0. The Labute approximate surface area is 285 Å². The van der Waals surface area contributed by atoms with Crippen molar-refractivity contribution >= 4 is 92.5 Å². The van der Waals surface area contributed by atoms with Gasteiger partial charge in [0.05, 0.1) is 38.6 Å². The summed E-state index contributed by atoms with van der Waals surface area (Å²) in [6.45, 7) is 0. The second-order valence-corrected chi connectivity index (χ2v) is 13.3. The number of para-hydroxylation sites is 2. The van der Waals surface area contributed by atoms with Crippen molar-refractivity contribution in [1.29, 1.82) is 0 Å². The Morgan fingerprint density at radius 2 is 0.960 bits per heavy atom. The van der Waals surface area contributed by atoms with Crippen molar-refractivity contribution in [3.8, 4) is 17.1 Å². The first-order valence-corrected chi connectivity index (χ1v) is 17.1. The predicted octanol–water partition coefficient (Wildman–Crippen LogP) is 11.9. The molecule has 230 valence electrons. The van der Waals surface area contributed by atoms with Crippen LogP contribution in [0.3, 0.4) is 0 Å². The van der Waals surface area contributed by atoms with Crippen LogP contribution in [0.25, 0.3) is 110 Å². The molecule has 50 heavy (non-hydrogen) atoms. The topological polar surface area (TPSA) is 35.1 Å². The van der Waals surface area contributed by atoms with E-state index in [4.69, 9.17) is 9.97 Å². The van der Waals surface area contributed by atoms with E-state index in [0.29, 0.717) is 0 Å². The van der Waals surface area contributed by atoms with Gasteiger partial charge in [0.2, 0.25) is 0 Å². The molecule has 0 fully saturated rings. The zero-order chi connectivity index (χ0) is 32.5. The molecule has 0 bridgehead atoms. The molecule has 0 aliphatic heterocycles. The molecule has 0 atom stereocenters. The Morgan fingerprint density at radius 3 is 1.84 bits per heavy atom. The van der Waals surface area contributed by atoms with Crippen LogP contribution in [0.15, 0.2) is 158 Å². The minimum Gasteiger partial charge on any atom is -0.308 e. The highest BCUT2D eigenvalue weighted by Crippen LogP contribution is 2.45. The largest absolute Gasteiger partial charge is 0.308 e. The van der Waals surface area contributed by atoms with Crippen molar-refractivity contribution < 1.29 is 0 Å². The lowest BCUT2D eigenvalue weighted by Gasteiger charge is -2.16.